The molecule has 0 amide bonds. The van der Waals surface area contributed by atoms with E-state index >= 15 is 0 Å². The fourth-order valence-corrected chi connectivity index (χ4v) is 4.12. The van der Waals surface area contributed by atoms with Crippen molar-refractivity contribution < 1.29 is 0 Å². The van der Waals surface area contributed by atoms with Crippen molar-refractivity contribution in [2.24, 2.45) is 17.6 Å². The van der Waals surface area contributed by atoms with E-state index in [0.717, 1.165) is 24.4 Å². The summed E-state index contributed by atoms with van der Waals surface area (Å²) < 4.78 is 0. The van der Waals surface area contributed by atoms with Crippen molar-refractivity contribution in [2.75, 3.05) is 13.1 Å². The fraction of sp³-hybridized carbons (Fsp3) is 1.00. The standard InChI is InChI=1S/C14H28N2/c1-4-16(13-5-6-13)14(10-15)8-11(2)7-12(3)9-14/h11-13H,4-10,15H2,1-3H3. The van der Waals surface area contributed by atoms with Crippen LogP contribution in [0.25, 0.3) is 0 Å². The van der Waals surface area contributed by atoms with Gasteiger partial charge in [0.15, 0.2) is 0 Å². The van der Waals surface area contributed by atoms with Crippen molar-refractivity contribution in [3.8, 4) is 0 Å². The molecule has 2 aliphatic carbocycles. The van der Waals surface area contributed by atoms with E-state index in [0.29, 0.717) is 5.54 Å². The largest absolute Gasteiger partial charge is 0.329 e. The zero-order valence-electron chi connectivity index (χ0n) is 11.2. The van der Waals surface area contributed by atoms with Gasteiger partial charge < -0.3 is 5.73 Å². The van der Waals surface area contributed by atoms with Gasteiger partial charge in [0.25, 0.3) is 0 Å². The van der Waals surface area contributed by atoms with Gasteiger partial charge in [0.2, 0.25) is 0 Å². The maximum absolute atomic E-state index is 6.16. The third-order valence-corrected chi connectivity index (χ3v) is 4.58. The van der Waals surface area contributed by atoms with Crippen molar-refractivity contribution in [2.45, 2.75) is 64.5 Å². The number of rotatable bonds is 4. The normalized spacial score (nSPS) is 40.3. The molecule has 2 atom stereocenters. The Morgan fingerprint density at radius 2 is 1.75 bits per heavy atom. The summed E-state index contributed by atoms with van der Waals surface area (Å²) in [6.45, 7) is 9.15. The summed E-state index contributed by atoms with van der Waals surface area (Å²) in [7, 11) is 0. The van der Waals surface area contributed by atoms with Gasteiger partial charge in [-0.05, 0) is 50.5 Å². The Morgan fingerprint density at radius 3 is 2.12 bits per heavy atom. The number of hydrogen-bond acceptors (Lipinski definition) is 2. The average Bonchev–Trinajstić information content (AvgIpc) is 3.01. The molecule has 2 heteroatoms. The highest BCUT2D eigenvalue weighted by Crippen LogP contribution is 2.43. The summed E-state index contributed by atoms with van der Waals surface area (Å²) in [5, 5.41) is 0. The first-order chi connectivity index (χ1) is 7.61. The number of hydrogen-bond donors (Lipinski definition) is 1. The van der Waals surface area contributed by atoms with Gasteiger partial charge in [0, 0.05) is 18.1 Å². The SMILES string of the molecule is CCN(C1CC1)C1(CN)CC(C)CC(C)C1. The Kier molecular flexibility index (Phi) is 3.60. The quantitative estimate of drug-likeness (QED) is 0.795. The van der Waals surface area contributed by atoms with Crippen LogP contribution >= 0.6 is 0 Å². The lowest BCUT2D eigenvalue weighted by atomic mass is 9.70. The molecule has 0 saturated heterocycles. The molecule has 0 radical (unpaired) electrons. The number of likely N-dealkylation sites (N-methyl/N-ethyl adjacent to an activating group) is 1. The summed E-state index contributed by atoms with van der Waals surface area (Å²) in [6.07, 6.45) is 6.83. The Hall–Kier alpha value is -0.0800. The maximum atomic E-state index is 6.16. The van der Waals surface area contributed by atoms with Crippen LogP contribution in [0.1, 0.15) is 52.9 Å². The van der Waals surface area contributed by atoms with Gasteiger partial charge in [0.05, 0.1) is 0 Å². The minimum atomic E-state index is 0.326. The zero-order valence-corrected chi connectivity index (χ0v) is 11.2. The third kappa shape index (κ3) is 2.28. The van der Waals surface area contributed by atoms with Gasteiger partial charge in [-0.25, -0.2) is 0 Å². The minimum absolute atomic E-state index is 0.326. The van der Waals surface area contributed by atoms with Crippen molar-refractivity contribution in [3.05, 3.63) is 0 Å². The van der Waals surface area contributed by atoms with Crippen LogP contribution in [-0.4, -0.2) is 29.6 Å². The highest BCUT2D eigenvalue weighted by Gasteiger charge is 2.45. The van der Waals surface area contributed by atoms with E-state index in [1.54, 1.807) is 0 Å². The first-order valence-electron chi connectivity index (χ1n) is 7.08. The molecule has 0 aliphatic heterocycles. The highest BCUT2D eigenvalue weighted by atomic mass is 15.3. The van der Waals surface area contributed by atoms with Crippen molar-refractivity contribution in [1.29, 1.82) is 0 Å². The monoisotopic (exact) mass is 224 g/mol. The molecule has 2 unspecified atom stereocenters. The number of nitrogens with zero attached hydrogens (tertiary/aromatic N) is 1. The molecule has 0 bridgehead atoms. The first-order valence-corrected chi connectivity index (χ1v) is 7.08. The molecule has 94 valence electrons. The average molecular weight is 224 g/mol. The molecular formula is C14H28N2. The molecule has 0 spiro atoms. The molecule has 0 aromatic carbocycles. The van der Waals surface area contributed by atoms with Gasteiger partial charge in [-0.3, -0.25) is 4.90 Å². The molecule has 0 aromatic rings. The molecular weight excluding hydrogens is 196 g/mol. The third-order valence-electron chi connectivity index (χ3n) is 4.58. The predicted molar refractivity (Wildman–Crippen MR) is 69.4 cm³/mol. The van der Waals surface area contributed by atoms with E-state index in [4.69, 9.17) is 5.73 Å². The van der Waals surface area contributed by atoms with E-state index in [1.807, 2.05) is 0 Å². The maximum Gasteiger partial charge on any atom is 0.0339 e. The lowest BCUT2D eigenvalue weighted by Gasteiger charge is -2.50. The predicted octanol–water partition coefficient (Wildman–Crippen LogP) is 2.62. The Morgan fingerprint density at radius 1 is 1.19 bits per heavy atom. The summed E-state index contributed by atoms with van der Waals surface area (Å²) in [4.78, 5) is 2.74. The summed E-state index contributed by atoms with van der Waals surface area (Å²) in [6, 6.07) is 0.853. The molecule has 2 N–H and O–H groups in total. The van der Waals surface area contributed by atoms with E-state index in [-0.39, 0.29) is 0 Å². The Bertz CT molecular complexity index is 225. The molecule has 2 fully saturated rings. The minimum Gasteiger partial charge on any atom is -0.329 e. The molecule has 2 nitrogen and oxygen atoms in total. The van der Waals surface area contributed by atoms with Crippen LogP contribution < -0.4 is 5.73 Å². The van der Waals surface area contributed by atoms with Crippen LogP contribution in [0.4, 0.5) is 0 Å². The van der Waals surface area contributed by atoms with Gasteiger partial charge in [0.1, 0.15) is 0 Å². The van der Waals surface area contributed by atoms with Gasteiger partial charge in [-0.2, -0.15) is 0 Å². The Balaban J connectivity index is 2.15. The van der Waals surface area contributed by atoms with Gasteiger partial charge in [-0.15, -0.1) is 0 Å². The topological polar surface area (TPSA) is 29.3 Å². The van der Waals surface area contributed by atoms with Crippen LogP contribution in [0.2, 0.25) is 0 Å². The Labute approximate surface area is 101 Å². The zero-order chi connectivity index (χ0) is 11.8. The second-order valence-electron chi connectivity index (χ2n) is 6.30. The second-order valence-corrected chi connectivity index (χ2v) is 6.30. The molecule has 2 saturated carbocycles. The lowest BCUT2D eigenvalue weighted by molar-refractivity contribution is 0.0168. The molecule has 2 rings (SSSR count). The van der Waals surface area contributed by atoms with Crippen LogP contribution in [0.15, 0.2) is 0 Å². The first kappa shape index (κ1) is 12.4. The summed E-state index contributed by atoms with van der Waals surface area (Å²) in [5.74, 6) is 1.69. The highest BCUT2D eigenvalue weighted by molar-refractivity contribution is 5.02. The van der Waals surface area contributed by atoms with Crippen LogP contribution in [0.3, 0.4) is 0 Å². The van der Waals surface area contributed by atoms with E-state index in [1.165, 1.54) is 38.6 Å². The smallest absolute Gasteiger partial charge is 0.0339 e. The number of nitrogens with two attached hydrogens (primary N) is 1. The summed E-state index contributed by atoms with van der Waals surface area (Å²) >= 11 is 0. The van der Waals surface area contributed by atoms with Gasteiger partial charge >= 0.3 is 0 Å². The van der Waals surface area contributed by atoms with Gasteiger partial charge in [-0.1, -0.05) is 20.8 Å². The van der Waals surface area contributed by atoms with Crippen molar-refractivity contribution in [1.82, 2.24) is 4.90 Å². The van der Waals surface area contributed by atoms with Crippen LogP contribution in [-0.2, 0) is 0 Å². The van der Waals surface area contributed by atoms with Crippen molar-refractivity contribution >= 4 is 0 Å². The summed E-state index contributed by atoms with van der Waals surface area (Å²) in [5.41, 5.74) is 6.49. The van der Waals surface area contributed by atoms with E-state index in [2.05, 4.69) is 25.7 Å². The van der Waals surface area contributed by atoms with E-state index < -0.39 is 0 Å². The van der Waals surface area contributed by atoms with E-state index in [9.17, 15) is 0 Å². The molecule has 2 aliphatic rings. The molecule has 0 heterocycles. The van der Waals surface area contributed by atoms with Crippen LogP contribution in [0.5, 0.6) is 0 Å². The van der Waals surface area contributed by atoms with Crippen molar-refractivity contribution in [3.63, 3.8) is 0 Å². The fourth-order valence-electron chi connectivity index (χ4n) is 4.12. The molecule has 0 aromatic heterocycles. The lowest BCUT2D eigenvalue weighted by Crippen LogP contribution is -2.58. The molecule has 16 heavy (non-hydrogen) atoms. The second kappa shape index (κ2) is 4.66. The van der Waals surface area contributed by atoms with Crippen LogP contribution in [0, 0.1) is 11.8 Å².